The van der Waals surface area contributed by atoms with Gasteiger partial charge in [0.2, 0.25) is 0 Å². The first-order chi connectivity index (χ1) is 16.7. The van der Waals surface area contributed by atoms with Crippen molar-refractivity contribution in [2.24, 2.45) is 4.99 Å². The summed E-state index contributed by atoms with van der Waals surface area (Å²) in [6.45, 7) is 5.84. The molecule has 3 aromatic rings. The van der Waals surface area contributed by atoms with Crippen LogP contribution in [0.2, 0.25) is 0 Å². The lowest BCUT2D eigenvalue weighted by atomic mass is 9.95. The molecule has 0 radical (unpaired) electrons. The summed E-state index contributed by atoms with van der Waals surface area (Å²) < 4.78 is 14.9. The number of esters is 1. The fourth-order valence-electron chi connectivity index (χ4n) is 4.00. The first-order valence-corrected chi connectivity index (χ1v) is 13.5. The maximum atomic E-state index is 13.8. The van der Waals surface area contributed by atoms with Crippen LogP contribution in [0, 0.1) is 0 Å². The second-order valence-corrected chi connectivity index (χ2v) is 11.0. The summed E-state index contributed by atoms with van der Waals surface area (Å²) in [4.78, 5) is 31.9. The minimum Gasteiger partial charge on any atom is -0.489 e. The number of hydrogen-bond donors (Lipinski definition) is 0. The van der Waals surface area contributed by atoms with Crippen LogP contribution in [0.25, 0.3) is 6.08 Å². The SMILES string of the molecule is CCC1=C(C(=O)OC)[C@H](c2ccccc2)n2c(s/c(=C/c3cc(Br)cc(Br)c3OC(C)C)c2=O)=N1. The Labute approximate surface area is 223 Å². The van der Waals surface area contributed by atoms with Crippen molar-refractivity contribution in [1.82, 2.24) is 4.57 Å². The van der Waals surface area contributed by atoms with E-state index >= 15 is 0 Å². The highest BCUT2D eigenvalue weighted by Crippen LogP contribution is 2.35. The maximum absolute atomic E-state index is 13.8. The lowest BCUT2D eigenvalue weighted by Crippen LogP contribution is -2.40. The average Bonchev–Trinajstić information content (AvgIpc) is 3.14. The van der Waals surface area contributed by atoms with E-state index in [1.54, 1.807) is 4.57 Å². The zero-order valence-electron chi connectivity index (χ0n) is 19.7. The van der Waals surface area contributed by atoms with Gasteiger partial charge in [0.25, 0.3) is 5.56 Å². The molecule has 0 amide bonds. The summed E-state index contributed by atoms with van der Waals surface area (Å²) in [5.74, 6) is 0.162. The van der Waals surface area contributed by atoms with Gasteiger partial charge in [0.1, 0.15) is 5.75 Å². The number of ether oxygens (including phenoxy) is 2. The van der Waals surface area contributed by atoms with Gasteiger partial charge in [0, 0.05) is 10.0 Å². The van der Waals surface area contributed by atoms with Gasteiger partial charge in [-0.25, -0.2) is 9.79 Å². The molecule has 1 aliphatic rings. The molecule has 0 bridgehead atoms. The summed E-state index contributed by atoms with van der Waals surface area (Å²) in [5.41, 5.74) is 2.34. The predicted octanol–water partition coefficient (Wildman–Crippen LogP) is 5.11. The number of aromatic nitrogens is 1. The van der Waals surface area contributed by atoms with Crippen molar-refractivity contribution in [2.75, 3.05) is 7.11 Å². The fraction of sp³-hybridized carbons (Fsp3) is 0.269. The number of rotatable bonds is 6. The van der Waals surface area contributed by atoms with E-state index < -0.39 is 12.0 Å². The van der Waals surface area contributed by atoms with E-state index in [1.165, 1.54) is 18.4 Å². The highest BCUT2D eigenvalue weighted by Gasteiger charge is 2.33. The normalized spacial score (nSPS) is 15.7. The summed E-state index contributed by atoms with van der Waals surface area (Å²) in [6.07, 6.45) is 2.30. The minimum atomic E-state index is -0.627. The molecule has 1 aliphatic heterocycles. The molecule has 182 valence electrons. The highest BCUT2D eigenvalue weighted by atomic mass is 79.9. The second-order valence-electron chi connectivity index (χ2n) is 8.17. The molecule has 6 nitrogen and oxygen atoms in total. The Hall–Kier alpha value is -2.49. The van der Waals surface area contributed by atoms with Gasteiger partial charge in [0.15, 0.2) is 4.80 Å². The van der Waals surface area contributed by atoms with Crippen LogP contribution in [0.3, 0.4) is 0 Å². The van der Waals surface area contributed by atoms with Crippen LogP contribution >= 0.6 is 43.2 Å². The average molecular weight is 620 g/mol. The standard InChI is InChI=1S/C26H24Br2N2O4S/c1-5-19-21(25(32)33-4)22(15-9-7-6-8-10-15)30-24(31)20(35-26(30)29-19)12-16-11-17(27)13-18(28)23(16)34-14(2)3/h6-14,22H,5H2,1-4H3/b20-12+/t22-/m0/s1. The van der Waals surface area contributed by atoms with E-state index in [4.69, 9.17) is 14.5 Å². The molecule has 0 spiro atoms. The summed E-state index contributed by atoms with van der Waals surface area (Å²) >= 11 is 8.39. The molecule has 0 saturated heterocycles. The van der Waals surface area contributed by atoms with Crippen LogP contribution in [-0.2, 0) is 9.53 Å². The third-order valence-corrected chi connectivity index (χ3v) is 7.47. The van der Waals surface area contributed by atoms with Crippen LogP contribution in [0.5, 0.6) is 5.75 Å². The van der Waals surface area contributed by atoms with Crippen molar-refractivity contribution >= 4 is 55.2 Å². The Morgan fingerprint density at radius 3 is 2.57 bits per heavy atom. The summed E-state index contributed by atoms with van der Waals surface area (Å²) in [7, 11) is 1.34. The van der Waals surface area contributed by atoms with Crippen molar-refractivity contribution in [2.45, 2.75) is 39.3 Å². The van der Waals surface area contributed by atoms with Crippen LogP contribution < -0.4 is 19.6 Å². The largest absolute Gasteiger partial charge is 0.489 e. The molecule has 1 aromatic heterocycles. The quantitative estimate of drug-likeness (QED) is 0.360. The van der Waals surface area contributed by atoms with E-state index in [-0.39, 0.29) is 11.7 Å². The number of allylic oxidation sites excluding steroid dienone is 1. The van der Waals surface area contributed by atoms with Crippen LogP contribution in [0.4, 0.5) is 0 Å². The number of fused-ring (bicyclic) bond motifs is 1. The number of nitrogens with zero attached hydrogens (tertiary/aromatic N) is 2. The number of thiazole rings is 1. The van der Waals surface area contributed by atoms with E-state index in [2.05, 4.69) is 31.9 Å². The Kier molecular flexibility index (Phi) is 7.78. The Balaban J connectivity index is 2.00. The highest BCUT2D eigenvalue weighted by molar-refractivity contribution is 9.11. The van der Waals surface area contributed by atoms with Gasteiger partial charge in [-0.1, -0.05) is 64.5 Å². The first kappa shape index (κ1) is 25.6. The Bertz CT molecular complexity index is 1490. The van der Waals surface area contributed by atoms with E-state index in [9.17, 15) is 9.59 Å². The molecule has 2 heterocycles. The Morgan fingerprint density at radius 2 is 1.94 bits per heavy atom. The van der Waals surface area contributed by atoms with Gasteiger partial charge >= 0.3 is 5.97 Å². The molecule has 0 aliphatic carbocycles. The summed E-state index contributed by atoms with van der Waals surface area (Å²) in [6, 6.07) is 12.7. The van der Waals surface area contributed by atoms with Crippen molar-refractivity contribution in [3.05, 3.63) is 93.5 Å². The molecule has 35 heavy (non-hydrogen) atoms. The number of methoxy groups -OCH3 is 1. The van der Waals surface area contributed by atoms with Crippen molar-refractivity contribution < 1.29 is 14.3 Å². The number of halogens is 2. The molecule has 0 fully saturated rings. The smallest absolute Gasteiger partial charge is 0.338 e. The zero-order chi connectivity index (χ0) is 25.3. The number of carbonyl (C=O) groups is 1. The van der Waals surface area contributed by atoms with Gasteiger partial charge in [-0.2, -0.15) is 0 Å². The number of benzene rings is 2. The lowest BCUT2D eigenvalue weighted by Gasteiger charge is -2.25. The van der Waals surface area contributed by atoms with E-state index in [1.807, 2.05) is 69.3 Å². The molecular formula is C26H24Br2N2O4S. The van der Waals surface area contributed by atoms with Crippen LogP contribution in [0.1, 0.15) is 44.4 Å². The molecule has 1 atom stereocenters. The maximum Gasteiger partial charge on any atom is 0.338 e. The lowest BCUT2D eigenvalue weighted by molar-refractivity contribution is -0.136. The second kappa shape index (κ2) is 10.6. The molecule has 0 N–H and O–H groups in total. The fourth-order valence-corrected chi connectivity index (χ4v) is 6.37. The van der Waals surface area contributed by atoms with Crippen LogP contribution in [-0.4, -0.2) is 23.8 Å². The number of carbonyl (C=O) groups excluding carboxylic acids is 1. The third-order valence-electron chi connectivity index (χ3n) is 5.44. The van der Waals surface area contributed by atoms with Crippen LogP contribution in [0.15, 0.2) is 72.5 Å². The Morgan fingerprint density at radius 1 is 1.23 bits per heavy atom. The van der Waals surface area contributed by atoms with Gasteiger partial charge in [-0.05, 0) is 60.0 Å². The van der Waals surface area contributed by atoms with Gasteiger partial charge in [-0.3, -0.25) is 9.36 Å². The first-order valence-electron chi connectivity index (χ1n) is 11.1. The topological polar surface area (TPSA) is 69.9 Å². The van der Waals surface area contributed by atoms with Gasteiger partial charge in [0.05, 0.1) is 39.5 Å². The summed E-state index contributed by atoms with van der Waals surface area (Å²) in [5, 5.41) is 0. The molecular weight excluding hydrogens is 596 g/mol. The van der Waals surface area contributed by atoms with E-state index in [0.29, 0.717) is 32.8 Å². The predicted molar refractivity (Wildman–Crippen MR) is 144 cm³/mol. The van der Waals surface area contributed by atoms with E-state index in [0.717, 1.165) is 20.1 Å². The molecule has 0 unspecified atom stereocenters. The minimum absolute atomic E-state index is 0.0475. The molecule has 4 rings (SSSR count). The molecule has 9 heteroatoms. The third kappa shape index (κ3) is 5.08. The van der Waals surface area contributed by atoms with Gasteiger partial charge < -0.3 is 9.47 Å². The van der Waals surface area contributed by atoms with Crippen molar-refractivity contribution in [3.63, 3.8) is 0 Å². The molecule has 0 saturated carbocycles. The zero-order valence-corrected chi connectivity index (χ0v) is 23.7. The molecule has 2 aromatic carbocycles. The monoisotopic (exact) mass is 618 g/mol. The van der Waals surface area contributed by atoms with Crippen molar-refractivity contribution in [3.8, 4) is 5.75 Å². The van der Waals surface area contributed by atoms with Crippen molar-refractivity contribution in [1.29, 1.82) is 0 Å². The van der Waals surface area contributed by atoms with Gasteiger partial charge in [-0.15, -0.1) is 0 Å². The number of hydrogen-bond acceptors (Lipinski definition) is 6.